The van der Waals surface area contributed by atoms with Crippen LogP contribution in [0.3, 0.4) is 0 Å². The molecule has 0 saturated heterocycles. The van der Waals surface area contributed by atoms with E-state index in [0.717, 1.165) is 18.2 Å². The highest BCUT2D eigenvalue weighted by Crippen LogP contribution is 2.17. The van der Waals surface area contributed by atoms with Crippen LogP contribution in [0.4, 0.5) is 0 Å². The maximum absolute atomic E-state index is 12.7. The number of nitrogens with zero attached hydrogens (tertiary/aromatic N) is 2. The summed E-state index contributed by atoms with van der Waals surface area (Å²) in [5.74, 6) is -0.590. The normalized spacial score (nSPS) is 12.0. The first-order chi connectivity index (χ1) is 12.0. The SMILES string of the molecule is CC[C@@H](C)NC(=O)CSc1nc2ccccc2c(=O)n1CC(=O)OC. The van der Waals surface area contributed by atoms with Crippen molar-refractivity contribution in [3.05, 3.63) is 34.6 Å². The van der Waals surface area contributed by atoms with Crippen molar-refractivity contribution < 1.29 is 14.3 Å². The van der Waals surface area contributed by atoms with E-state index < -0.39 is 5.97 Å². The summed E-state index contributed by atoms with van der Waals surface area (Å²) < 4.78 is 5.90. The van der Waals surface area contributed by atoms with Gasteiger partial charge in [0.2, 0.25) is 5.91 Å². The molecule has 0 aliphatic heterocycles. The van der Waals surface area contributed by atoms with Crippen molar-refractivity contribution in [2.45, 2.75) is 38.0 Å². The molecule has 0 unspecified atom stereocenters. The van der Waals surface area contributed by atoms with Crippen molar-refractivity contribution >= 4 is 34.5 Å². The van der Waals surface area contributed by atoms with E-state index in [1.807, 2.05) is 13.8 Å². The molecule has 2 rings (SSSR count). The molecular formula is C17H21N3O4S. The number of amides is 1. The summed E-state index contributed by atoms with van der Waals surface area (Å²) >= 11 is 1.12. The second kappa shape index (κ2) is 8.66. The van der Waals surface area contributed by atoms with Crippen molar-refractivity contribution in [3.63, 3.8) is 0 Å². The van der Waals surface area contributed by atoms with Crippen molar-refractivity contribution in [1.82, 2.24) is 14.9 Å². The molecular weight excluding hydrogens is 342 g/mol. The highest BCUT2D eigenvalue weighted by molar-refractivity contribution is 7.99. The number of rotatable bonds is 7. The number of ether oxygens (including phenoxy) is 1. The summed E-state index contributed by atoms with van der Waals surface area (Å²) in [7, 11) is 1.26. The Morgan fingerprint density at radius 2 is 2.08 bits per heavy atom. The first-order valence-electron chi connectivity index (χ1n) is 7.94. The number of benzene rings is 1. The second-order valence-corrected chi connectivity index (χ2v) is 6.49. The topological polar surface area (TPSA) is 90.3 Å². The monoisotopic (exact) mass is 363 g/mol. The van der Waals surface area contributed by atoms with Gasteiger partial charge in [-0.2, -0.15) is 0 Å². The fourth-order valence-electron chi connectivity index (χ4n) is 2.14. The van der Waals surface area contributed by atoms with Gasteiger partial charge in [0.25, 0.3) is 5.56 Å². The molecule has 25 heavy (non-hydrogen) atoms. The quantitative estimate of drug-likeness (QED) is 0.456. The number of nitrogens with one attached hydrogen (secondary N) is 1. The molecule has 1 aromatic carbocycles. The van der Waals surface area contributed by atoms with Crippen LogP contribution < -0.4 is 10.9 Å². The molecule has 1 atom stereocenters. The highest BCUT2D eigenvalue weighted by atomic mass is 32.2. The molecule has 0 bridgehead atoms. The second-order valence-electron chi connectivity index (χ2n) is 5.54. The Morgan fingerprint density at radius 3 is 2.76 bits per heavy atom. The van der Waals surface area contributed by atoms with Crippen LogP contribution in [0.25, 0.3) is 10.9 Å². The Morgan fingerprint density at radius 1 is 1.36 bits per heavy atom. The number of carbonyl (C=O) groups excluding carboxylic acids is 2. The number of carbonyl (C=O) groups is 2. The number of fused-ring (bicyclic) bond motifs is 1. The molecule has 7 nitrogen and oxygen atoms in total. The molecule has 0 spiro atoms. The minimum atomic E-state index is -0.551. The number of hydrogen-bond acceptors (Lipinski definition) is 6. The lowest BCUT2D eigenvalue weighted by Gasteiger charge is -2.13. The van der Waals surface area contributed by atoms with Gasteiger partial charge in [-0.25, -0.2) is 4.98 Å². The van der Waals surface area contributed by atoms with Crippen molar-refractivity contribution in [2.24, 2.45) is 0 Å². The molecule has 1 aromatic heterocycles. The van der Waals surface area contributed by atoms with Crippen molar-refractivity contribution in [3.8, 4) is 0 Å². The summed E-state index contributed by atoms with van der Waals surface area (Å²) in [6.45, 7) is 3.66. The molecule has 0 aliphatic rings. The Kier molecular flexibility index (Phi) is 6.58. The van der Waals surface area contributed by atoms with Crippen LogP contribution >= 0.6 is 11.8 Å². The Labute approximate surface area is 149 Å². The minimum absolute atomic E-state index is 0.0786. The zero-order valence-electron chi connectivity index (χ0n) is 14.4. The van der Waals surface area contributed by atoms with Gasteiger partial charge < -0.3 is 10.1 Å². The summed E-state index contributed by atoms with van der Waals surface area (Å²) in [5.41, 5.74) is 0.194. The van der Waals surface area contributed by atoms with Gasteiger partial charge in [-0.3, -0.25) is 19.0 Å². The third kappa shape index (κ3) is 4.82. The van der Waals surface area contributed by atoms with Gasteiger partial charge in [0.15, 0.2) is 5.16 Å². The van der Waals surface area contributed by atoms with Gasteiger partial charge in [0.05, 0.1) is 23.8 Å². The predicted molar refractivity (Wildman–Crippen MR) is 96.6 cm³/mol. The zero-order valence-corrected chi connectivity index (χ0v) is 15.3. The smallest absolute Gasteiger partial charge is 0.325 e. The average molecular weight is 363 g/mol. The number of aromatic nitrogens is 2. The van der Waals surface area contributed by atoms with E-state index in [-0.39, 0.29) is 29.8 Å². The third-order valence-electron chi connectivity index (χ3n) is 3.69. The van der Waals surface area contributed by atoms with Crippen molar-refractivity contribution in [1.29, 1.82) is 0 Å². The van der Waals surface area contributed by atoms with Gasteiger partial charge in [0.1, 0.15) is 6.54 Å². The third-order valence-corrected chi connectivity index (χ3v) is 4.67. The van der Waals surface area contributed by atoms with Crippen LogP contribution in [-0.4, -0.2) is 40.3 Å². The highest BCUT2D eigenvalue weighted by Gasteiger charge is 2.16. The van der Waals surface area contributed by atoms with Gasteiger partial charge >= 0.3 is 5.97 Å². The van der Waals surface area contributed by atoms with Crippen LogP contribution in [0.1, 0.15) is 20.3 Å². The van der Waals surface area contributed by atoms with Crippen molar-refractivity contribution in [2.75, 3.05) is 12.9 Å². The molecule has 134 valence electrons. The van der Waals surface area contributed by atoms with E-state index >= 15 is 0 Å². The lowest BCUT2D eigenvalue weighted by molar-refractivity contribution is -0.141. The summed E-state index contributed by atoms with van der Waals surface area (Å²) in [6.07, 6.45) is 0.831. The fourth-order valence-corrected chi connectivity index (χ4v) is 2.95. The maximum Gasteiger partial charge on any atom is 0.325 e. The first kappa shape index (κ1) is 19.0. The molecule has 1 heterocycles. The van der Waals surface area contributed by atoms with Crippen LogP contribution in [0, 0.1) is 0 Å². The molecule has 0 fully saturated rings. The van der Waals surface area contributed by atoms with E-state index in [9.17, 15) is 14.4 Å². The van der Waals surface area contributed by atoms with Gasteiger partial charge in [-0.05, 0) is 25.5 Å². The Bertz CT molecular complexity index is 834. The van der Waals surface area contributed by atoms with Crippen LogP contribution in [0.15, 0.2) is 34.2 Å². The lowest BCUT2D eigenvalue weighted by Crippen LogP contribution is -2.33. The maximum atomic E-state index is 12.7. The van der Waals surface area contributed by atoms with Crippen LogP contribution in [0.5, 0.6) is 0 Å². The summed E-state index contributed by atoms with van der Waals surface area (Å²) in [6, 6.07) is 6.98. The molecule has 0 saturated carbocycles. The molecule has 2 aromatic rings. The first-order valence-corrected chi connectivity index (χ1v) is 8.93. The molecule has 0 aliphatic carbocycles. The van der Waals surface area contributed by atoms with Crippen LogP contribution in [-0.2, 0) is 20.9 Å². The predicted octanol–water partition coefficient (Wildman–Crippen LogP) is 1.58. The molecule has 1 amide bonds. The number of esters is 1. The number of hydrogen-bond donors (Lipinski definition) is 1. The van der Waals surface area contributed by atoms with Gasteiger partial charge in [-0.1, -0.05) is 30.8 Å². The molecule has 1 N–H and O–H groups in total. The fraction of sp³-hybridized carbons (Fsp3) is 0.412. The molecule has 8 heteroatoms. The Hall–Kier alpha value is -2.35. The number of methoxy groups -OCH3 is 1. The van der Waals surface area contributed by atoms with E-state index in [1.165, 1.54) is 11.7 Å². The van der Waals surface area contributed by atoms with Gasteiger partial charge in [0, 0.05) is 6.04 Å². The van der Waals surface area contributed by atoms with E-state index in [2.05, 4.69) is 15.0 Å². The summed E-state index contributed by atoms with van der Waals surface area (Å²) in [5, 5.41) is 3.59. The number of para-hydroxylation sites is 1. The minimum Gasteiger partial charge on any atom is -0.468 e. The average Bonchev–Trinajstić information content (AvgIpc) is 2.62. The van der Waals surface area contributed by atoms with E-state index in [1.54, 1.807) is 24.3 Å². The number of thioether (sulfide) groups is 1. The lowest BCUT2D eigenvalue weighted by atomic mass is 10.2. The standard InChI is InChI=1S/C17H21N3O4S/c1-4-11(2)18-14(21)10-25-17-19-13-8-6-5-7-12(13)16(23)20(17)9-15(22)24-3/h5-8,11H,4,9-10H2,1-3H3,(H,18,21)/t11-/m1/s1. The zero-order chi connectivity index (χ0) is 18.4. The van der Waals surface area contributed by atoms with E-state index in [0.29, 0.717) is 16.1 Å². The van der Waals surface area contributed by atoms with E-state index in [4.69, 9.17) is 0 Å². The largest absolute Gasteiger partial charge is 0.468 e. The van der Waals surface area contributed by atoms with Gasteiger partial charge in [-0.15, -0.1) is 0 Å². The summed E-state index contributed by atoms with van der Waals surface area (Å²) in [4.78, 5) is 40.7. The Balaban J connectivity index is 2.32. The molecule has 0 radical (unpaired) electrons. The van der Waals surface area contributed by atoms with Crippen LogP contribution in [0.2, 0.25) is 0 Å².